The number of nitrogens with zero attached hydrogens (tertiary/aromatic N) is 4. The van der Waals surface area contributed by atoms with Crippen molar-refractivity contribution in [2.24, 2.45) is 5.92 Å². The molecule has 7 heteroatoms. The summed E-state index contributed by atoms with van der Waals surface area (Å²) in [5.74, 6) is 1.61. The second kappa shape index (κ2) is 8.05. The smallest absolute Gasteiger partial charge is 0.222 e. The lowest BCUT2D eigenvalue weighted by molar-refractivity contribution is -0.132. The van der Waals surface area contributed by atoms with Crippen molar-refractivity contribution in [3.63, 3.8) is 0 Å². The fourth-order valence-electron chi connectivity index (χ4n) is 3.47. The van der Waals surface area contributed by atoms with Gasteiger partial charge in [-0.15, -0.1) is 11.3 Å². The van der Waals surface area contributed by atoms with E-state index in [1.165, 1.54) is 0 Å². The van der Waals surface area contributed by atoms with Crippen LogP contribution in [0.25, 0.3) is 20.7 Å². The monoisotopic (exact) mass is 414 g/mol. The summed E-state index contributed by atoms with van der Waals surface area (Å²) in [6.07, 6.45) is 2.25. The quantitative estimate of drug-likeness (QED) is 0.620. The number of hydrogen-bond acceptors (Lipinski definition) is 5. The third kappa shape index (κ3) is 3.98. The SMILES string of the molecule is CC(C)CC(=O)N1CCN(c2ncnc3cc(-c4ccc(Cl)cc4)sc23)CC1. The summed E-state index contributed by atoms with van der Waals surface area (Å²) in [7, 11) is 0. The molecule has 0 radical (unpaired) electrons. The topological polar surface area (TPSA) is 49.3 Å². The minimum atomic E-state index is 0.253. The number of rotatable bonds is 4. The van der Waals surface area contributed by atoms with Gasteiger partial charge in [-0.3, -0.25) is 4.79 Å². The first-order valence-corrected chi connectivity index (χ1v) is 10.7. The highest BCUT2D eigenvalue weighted by Crippen LogP contribution is 2.37. The molecule has 1 amide bonds. The highest BCUT2D eigenvalue weighted by molar-refractivity contribution is 7.22. The predicted octanol–water partition coefficient (Wildman–Crippen LogP) is 4.71. The Morgan fingerprint density at radius 2 is 1.86 bits per heavy atom. The van der Waals surface area contributed by atoms with Gasteiger partial charge in [0.15, 0.2) is 0 Å². The van der Waals surface area contributed by atoms with Gasteiger partial charge in [-0.1, -0.05) is 37.6 Å². The number of halogens is 1. The molecular weight excluding hydrogens is 392 g/mol. The highest BCUT2D eigenvalue weighted by atomic mass is 35.5. The van der Waals surface area contributed by atoms with Crippen LogP contribution in [0.5, 0.6) is 0 Å². The largest absolute Gasteiger partial charge is 0.352 e. The van der Waals surface area contributed by atoms with E-state index in [1.54, 1.807) is 17.7 Å². The summed E-state index contributed by atoms with van der Waals surface area (Å²) in [6.45, 7) is 7.24. The van der Waals surface area contributed by atoms with Crippen molar-refractivity contribution in [3.05, 3.63) is 41.7 Å². The van der Waals surface area contributed by atoms with E-state index in [-0.39, 0.29) is 5.91 Å². The molecule has 1 fully saturated rings. The third-order valence-electron chi connectivity index (χ3n) is 4.94. The van der Waals surface area contributed by atoms with Gasteiger partial charge in [0.2, 0.25) is 5.91 Å². The average Bonchev–Trinajstić information content (AvgIpc) is 3.12. The van der Waals surface area contributed by atoms with Gasteiger partial charge < -0.3 is 9.80 Å². The number of carbonyl (C=O) groups is 1. The molecule has 0 saturated carbocycles. The first-order chi connectivity index (χ1) is 13.5. The predicted molar refractivity (Wildman–Crippen MR) is 116 cm³/mol. The van der Waals surface area contributed by atoms with E-state index in [9.17, 15) is 4.79 Å². The molecule has 28 heavy (non-hydrogen) atoms. The summed E-state index contributed by atoms with van der Waals surface area (Å²) >= 11 is 7.71. The molecule has 1 aliphatic heterocycles. The van der Waals surface area contributed by atoms with Crippen LogP contribution < -0.4 is 4.90 Å². The van der Waals surface area contributed by atoms with Crippen molar-refractivity contribution in [1.29, 1.82) is 0 Å². The molecule has 1 aliphatic rings. The number of benzene rings is 1. The Labute approximate surface area is 174 Å². The van der Waals surface area contributed by atoms with Crippen molar-refractivity contribution in [3.8, 4) is 10.4 Å². The Morgan fingerprint density at radius 1 is 1.14 bits per heavy atom. The molecule has 1 aromatic carbocycles. The second-order valence-corrected chi connectivity index (χ2v) is 8.98. The Bertz CT molecular complexity index is 978. The van der Waals surface area contributed by atoms with Gasteiger partial charge in [-0.25, -0.2) is 9.97 Å². The molecule has 0 aliphatic carbocycles. The molecule has 3 heterocycles. The van der Waals surface area contributed by atoms with Crippen LogP contribution in [0, 0.1) is 5.92 Å². The van der Waals surface area contributed by atoms with E-state index >= 15 is 0 Å². The van der Waals surface area contributed by atoms with E-state index in [0.29, 0.717) is 12.3 Å². The standard InChI is InChI=1S/C21H23ClN4OS/c1-14(2)11-19(27)25-7-9-26(10-8-25)21-20-17(23-13-24-21)12-18(28-20)15-3-5-16(22)6-4-15/h3-6,12-14H,7-11H2,1-2H3. The minimum Gasteiger partial charge on any atom is -0.352 e. The fraction of sp³-hybridized carbons (Fsp3) is 0.381. The molecule has 146 valence electrons. The number of aromatic nitrogens is 2. The summed E-state index contributed by atoms with van der Waals surface area (Å²) in [5.41, 5.74) is 2.08. The number of hydrogen-bond donors (Lipinski definition) is 0. The minimum absolute atomic E-state index is 0.253. The van der Waals surface area contributed by atoms with E-state index in [2.05, 4.69) is 34.8 Å². The zero-order valence-electron chi connectivity index (χ0n) is 16.1. The molecule has 0 atom stereocenters. The number of anilines is 1. The highest BCUT2D eigenvalue weighted by Gasteiger charge is 2.24. The number of amides is 1. The molecule has 0 spiro atoms. The van der Waals surface area contributed by atoms with Crippen LogP contribution in [0.4, 0.5) is 5.82 Å². The van der Waals surface area contributed by atoms with Gasteiger partial charge in [-0.05, 0) is 29.7 Å². The second-order valence-electron chi connectivity index (χ2n) is 7.49. The van der Waals surface area contributed by atoms with E-state index < -0.39 is 0 Å². The Kier molecular flexibility index (Phi) is 5.51. The number of thiophene rings is 1. The van der Waals surface area contributed by atoms with Gasteiger partial charge in [0.25, 0.3) is 0 Å². The van der Waals surface area contributed by atoms with Crippen molar-refractivity contribution in [2.75, 3.05) is 31.1 Å². The first-order valence-electron chi connectivity index (χ1n) is 9.54. The van der Waals surface area contributed by atoms with Crippen molar-refractivity contribution >= 4 is 44.9 Å². The van der Waals surface area contributed by atoms with Crippen molar-refractivity contribution in [1.82, 2.24) is 14.9 Å². The van der Waals surface area contributed by atoms with Gasteiger partial charge in [-0.2, -0.15) is 0 Å². The number of piperazine rings is 1. The molecule has 2 aromatic heterocycles. The summed E-state index contributed by atoms with van der Waals surface area (Å²) < 4.78 is 1.09. The van der Waals surface area contributed by atoms with Crippen LogP contribution >= 0.6 is 22.9 Å². The molecule has 1 saturated heterocycles. The van der Waals surface area contributed by atoms with Crippen LogP contribution in [0.1, 0.15) is 20.3 Å². The zero-order valence-corrected chi connectivity index (χ0v) is 17.6. The fourth-order valence-corrected chi connectivity index (χ4v) is 4.73. The van der Waals surface area contributed by atoms with E-state index in [4.69, 9.17) is 11.6 Å². The van der Waals surface area contributed by atoms with Gasteiger partial charge in [0, 0.05) is 42.5 Å². The number of carbonyl (C=O) groups excluding carboxylic acids is 1. The maximum absolute atomic E-state index is 12.3. The molecule has 3 aromatic rings. The zero-order chi connectivity index (χ0) is 19.7. The molecule has 4 rings (SSSR count). The lowest BCUT2D eigenvalue weighted by Crippen LogP contribution is -2.49. The lowest BCUT2D eigenvalue weighted by Gasteiger charge is -2.35. The molecule has 5 nitrogen and oxygen atoms in total. The first kappa shape index (κ1) is 19.2. The summed E-state index contributed by atoms with van der Waals surface area (Å²) in [6, 6.07) is 9.97. The van der Waals surface area contributed by atoms with Crippen LogP contribution in [0.3, 0.4) is 0 Å². The van der Waals surface area contributed by atoms with E-state index in [0.717, 1.165) is 57.7 Å². The Balaban J connectivity index is 1.55. The maximum atomic E-state index is 12.3. The van der Waals surface area contributed by atoms with Crippen molar-refractivity contribution in [2.45, 2.75) is 20.3 Å². The van der Waals surface area contributed by atoms with Gasteiger partial charge in [0.05, 0.1) is 10.2 Å². The van der Waals surface area contributed by atoms with Crippen molar-refractivity contribution < 1.29 is 4.79 Å². The molecule has 0 N–H and O–H groups in total. The molecule has 0 bridgehead atoms. The van der Waals surface area contributed by atoms with Gasteiger partial charge in [0.1, 0.15) is 12.1 Å². The van der Waals surface area contributed by atoms with Crippen LogP contribution in [-0.4, -0.2) is 47.0 Å². The normalized spacial score (nSPS) is 14.9. The Hall–Kier alpha value is -2.18. The maximum Gasteiger partial charge on any atom is 0.222 e. The van der Waals surface area contributed by atoms with Gasteiger partial charge >= 0.3 is 0 Å². The third-order valence-corrected chi connectivity index (χ3v) is 6.36. The van der Waals surface area contributed by atoms with E-state index in [1.807, 2.05) is 29.2 Å². The average molecular weight is 415 g/mol. The molecule has 0 unspecified atom stereocenters. The number of fused-ring (bicyclic) bond motifs is 1. The van der Waals surface area contributed by atoms with Crippen LogP contribution in [0.2, 0.25) is 5.02 Å². The molecular formula is C21H23ClN4OS. The Morgan fingerprint density at radius 3 is 2.54 bits per heavy atom. The van der Waals surface area contributed by atoms with Crippen LogP contribution in [0.15, 0.2) is 36.7 Å². The lowest BCUT2D eigenvalue weighted by atomic mass is 10.1. The summed E-state index contributed by atoms with van der Waals surface area (Å²) in [5, 5.41) is 0.732. The summed E-state index contributed by atoms with van der Waals surface area (Å²) in [4.78, 5) is 26.7. The van der Waals surface area contributed by atoms with Crippen LogP contribution in [-0.2, 0) is 4.79 Å².